The van der Waals surface area contributed by atoms with Crippen LogP contribution in [-0.4, -0.2) is 52.8 Å². The molecule has 0 saturated carbocycles. The predicted molar refractivity (Wildman–Crippen MR) is 78.8 cm³/mol. The Morgan fingerprint density at radius 2 is 2.13 bits per heavy atom. The summed E-state index contributed by atoms with van der Waals surface area (Å²) in [6, 6.07) is 3.58. The maximum atomic E-state index is 12.3. The Bertz CT molecular complexity index is 543. The lowest BCUT2D eigenvalue weighted by Gasteiger charge is -2.32. The van der Waals surface area contributed by atoms with Crippen LogP contribution in [0.4, 0.5) is 19.0 Å². The van der Waals surface area contributed by atoms with Crippen LogP contribution in [0.3, 0.4) is 0 Å². The minimum atomic E-state index is -4.61. The maximum Gasteiger partial charge on any atom is 0.415 e. The van der Waals surface area contributed by atoms with Crippen molar-refractivity contribution in [2.24, 2.45) is 5.92 Å². The Balaban J connectivity index is 1.81. The number of aryl methyl sites for hydroxylation is 1. The summed E-state index contributed by atoms with van der Waals surface area (Å²) in [4.78, 5) is 17.8. The molecule has 1 atom stereocenters. The smallest absolute Gasteiger partial charge is 0.382 e. The number of hydrogen-bond donors (Lipinski definition) is 2. The normalized spacial score (nSPS) is 18.7. The lowest BCUT2D eigenvalue weighted by molar-refractivity contribution is -0.208. The first-order chi connectivity index (χ1) is 10.8. The average molecular weight is 331 g/mol. The van der Waals surface area contributed by atoms with E-state index in [1.54, 1.807) is 12.3 Å². The third-order valence-electron chi connectivity index (χ3n) is 3.93. The maximum absolute atomic E-state index is 12.3. The highest BCUT2D eigenvalue weighted by molar-refractivity contribution is 5.91. The Hall–Kier alpha value is -1.67. The molecular weight excluding hydrogens is 311 g/mol. The van der Waals surface area contributed by atoms with Gasteiger partial charge in [0.05, 0.1) is 0 Å². The molecule has 1 aromatic heterocycles. The zero-order chi connectivity index (χ0) is 17.0. The number of alkyl halides is 3. The molecule has 0 aromatic carbocycles. The molecule has 1 saturated heterocycles. The first-order valence-corrected chi connectivity index (χ1v) is 7.46. The number of aliphatic hydroxyl groups is 1. The summed E-state index contributed by atoms with van der Waals surface area (Å²) < 4.78 is 37.0. The predicted octanol–water partition coefficient (Wildman–Crippen LogP) is 1.96. The average Bonchev–Trinajstić information content (AvgIpc) is 2.47. The highest BCUT2D eigenvalue weighted by Gasteiger charge is 2.39. The van der Waals surface area contributed by atoms with Crippen LogP contribution in [0.2, 0.25) is 0 Å². The van der Waals surface area contributed by atoms with Crippen molar-refractivity contribution in [2.75, 3.05) is 25.0 Å². The van der Waals surface area contributed by atoms with Gasteiger partial charge in [-0.1, -0.05) is 0 Å². The number of rotatable bonds is 4. The number of β-amino-alcohol motifs (C(OH)–C–C–N with tert-alkyl or cyclic N) is 1. The zero-order valence-electron chi connectivity index (χ0n) is 12.8. The molecule has 2 heterocycles. The highest BCUT2D eigenvalue weighted by atomic mass is 19.4. The van der Waals surface area contributed by atoms with Crippen LogP contribution >= 0.6 is 0 Å². The number of anilines is 1. The van der Waals surface area contributed by atoms with Gasteiger partial charge in [0.2, 0.25) is 5.91 Å². The van der Waals surface area contributed by atoms with Gasteiger partial charge in [-0.15, -0.1) is 0 Å². The number of carbonyl (C=O) groups is 1. The van der Waals surface area contributed by atoms with Gasteiger partial charge in [0.15, 0.2) is 6.10 Å². The summed E-state index contributed by atoms with van der Waals surface area (Å²) in [7, 11) is 0. The van der Waals surface area contributed by atoms with Crippen molar-refractivity contribution in [3.05, 3.63) is 23.9 Å². The highest BCUT2D eigenvalue weighted by Crippen LogP contribution is 2.24. The lowest BCUT2D eigenvalue weighted by Crippen LogP contribution is -2.45. The third-order valence-corrected chi connectivity index (χ3v) is 3.93. The van der Waals surface area contributed by atoms with Crippen LogP contribution < -0.4 is 5.32 Å². The summed E-state index contributed by atoms with van der Waals surface area (Å²) in [5.74, 6) is 0.0561. The molecule has 1 aliphatic heterocycles. The first kappa shape index (κ1) is 17.7. The Morgan fingerprint density at radius 3 is 2.70 bits per heavy atom. The van der Waals surface area contributed by atoms with Crippen molar-refractivity contribution >= 4 is 11.7 Å². The molecule has 23 heavy (non-hydrogen) atoms. The van der Waals surface area contributed by atoms with Gasteiger partial charge in [0.1, 0.15) is 5.82 Å². The van der Waals surface area contributed by atoms with Gasteiger partial charge >= 0.3 is 6.18 Å². The van der Waals surface area contributed by atoms with Crippen LogP contribution in [0.1, 0.15) is 18.4 Å². The molecule has 128 valence electrons. The Kier molecular flexibility index (Phi) is 5.59. The van der Waals surface area contributed by atoms with E-state index in [1.165, 1.54) is 4.90 Å². The van der Waals surface area contributed by atoms with Crippen LogP contribution in [0.15, 0.2) is 18.3 Å². The van der Waals surface area contributed by atoms with Crippen LogP contribution in [0.5, 0.6) is 0 Å². The summed E-state index contributed by atoms with van der Waals surface area (Å²) in [6.45, 7) is 2.15. The second kappa shape index (κ2) is 7.27. The summed E-state index contributed by atoms with van der Waals surface area (Å²) >= 11 is 0. The second-order valence-corrected chi connectivity index (χ2v) is 5.84. The number of halogens is 3. The van der Waals surface area contributed by atoms with Crippen LogP contribution in [-0.2, 0) is 4.79 Å². The molecule has 8 heteroatoms. The van der Waals surface area contributed by atoms with Crippen molar-refractivity contribution in [2.45, 2.75) is 32.0 Å². The summed E-state index contributed by atoms with van der Waals surface area (Å²) in [6.07, 6.45) is -4.42. The number of aromatic nitrogens is 1. The molecule has 1 aliphatic rings. The molecule has 2 N–H and O–H groups in total. The van der Waals surface area contributed by atoms with Gasteiger partial charge in [-0.2, -0.15) is 13.2 Å². The molecule has 5 nitrogen and oxygen atoms in total. The molecule has 2 rings (SSSR count). The minimum absolute atomic E-state index is 0.167. The second-order valence-electron chi connectivity index (χ2n) is 5.84. The van der Waals surface area contributed by atoms with Gasteiger partial charge in [-0.3, -0.25) is 4.79 Å². The number of pyridine rings is 1. The Morgan fingerprint density at radius 1 is 1.48 bits per heavy atom. The summed E-state index contributed by atoms with van der Waals surface area (Å²) in [5.41, 5.74) is 0.978. The van der Waals surface area contributed by atoms with Gasteiger partial charge in [0, 0.05) is 18.7 Å². The molecule has 1 aromatic rings. The molecule has 0 radical (unpaired) electrons. The van der Waals surface area contributed by atoms with E-state index < -0.39 is 18.8 Å². The zero-order valence-corrected chi connectivity index (χ0v) is 12.8. The fraction of sp³-hybridized carbons (Fsp3) is 0.600. The van der Waals surface area contributed by atoms with E-state index in [4.69, 9.17) is 5.11 Å². The number of nitrogens with one attached hydrogen (secondary N) is 1. The molecule has 0 spiro atoms. The first-order valence-electron chi connectivity index (χ1n) is 7.46. The van der Waals surface area contributed by atoms with Crippen molar-refractivity contribution < 1.29 is 23.1 Å². The monoisotopic (exact) mass is 331 g/mol. The number of aliphatic hydroxyl groups excluding tert-OH is 1. The molecule has 1 amide bonds. The van der Waals surface area contributed by atoms with Gasteiger partial charge in [0.25, 0.3) is 0 Å². The SMILES string of the molecule is Cc1ccnc(NC(=O)C2CCN(C[C@@H](O)C(F)(F)F)CC2)c1. The Labute approximate surface area is 132 Å². The molecule has 0 bridgehead atoms. The molecule has 0 aliphatic carbocycles. The number of carbonyl (C=O) groups excluding carboxylic acids is 1. The van der Waals surface area contributed by atoms with E-state index in [1.807, 2.05) is 13.0 Å². The quantitative estimate of drug-likeness (QED) is 0.885. The standard InChI is InChI=1S/C15H20F3N3O2/c1-10-2-5-19-13(8-10)20-14(23)11-3-6-21(7-4-11)9-12(22)15(16,17)18/h2,5,8,11-12,22H,3-4,6-7,9H2,1H3,(H,19,20,23)/t12-/m1/s1. The van der Waals surface area contributed by atoms with Crippen LogP contribution in [0.25, 0.3) is 0 Å². The van der Waals surface area contributed by atoms with Crippen molar-refractivity contribution in [1.29, 1.82) is 0 Å². The fourth-order valence-electron chi connectivity index (χ4n) is 2.56. The molecular formula is C15H20F3N3O2. The van der Waals surface area contributed by atoms with Crippen LogP contribution in [0, 0.1) is 12.8 Å². The van der Waals surface area contributed by atoms with E-state index in [-0.39, 0.29) is 11.8 Å². The summed E-state index contributed by atoms with van der Waals surface area (Å²) in [5, 5.41) is 11.8. The number of hydrogen-bond acceptors (Lipinski definition) is 4. The molecule has 1 fully saturated rings. The molecule has 0 unspecified atom stereocenters. The van der Waals surface area contributed by atoms with E-state index in [2.05, 4.69) is 10.3 Å². The van der Waals surface area contributed by atoms with Crippen molar-refractivity contribution in [3.63, 3.8) is 0 Å². The third kappa shape index (κ3) is 5.18. The number of nitrogens with zero attached hydrogens (tertiary/aromatic N) is 2. The number of piperidine rings is 1. The number of likely N-dealkylation sites (tertiary alicyclic amines) is 1. The fourth-order valence-corrected chi connectivity index (χ4v) is 2.56. The van der Waals surface area contributed by atoms with Gasteiger partial charge in [-0.25, -0.2) is 4.98 Å². The van der Waals surface area contributed by atoms with Crippen molar-refractivity contribution in [1.82, 2.24) is 9.88 Å². The van der Waals surface area contributed by atoms with E-state index in [0.29, 0.717) is 31.7 Å². The van der Waals surface area contributed by atoms with Gasteiger partial charge < -0.3 is 15.3 Å². The minimum Gasteiger partial charge on any atom is -0.382 e. The van der Waals surface area contributed by atoms with Gasteiger partial charge in [-0.05, 0) is 50.6 Å². The lowest BCUT2D eigenvalue weighted by atomic mass is 9.95. The van der Waals surface area contributed by atoms with E-state index in [0.717, 1.165) is 5.56 Å². The number of amides is 1. The van der Waals surface area contributed by atoms with E-state index in [9.17, 15) is 18.0 Å². The van der Waals surface area contributed by atoms with E-state index >= 15 is 0 Å². The topological polar surface area (TPSA) is 65.5 Å². The largest absolute Gasteiger partial charge is 0.415 e. The van der Waals surface area contributed by atoms with Crippen molar-refractivity contribution in [3.8, 4) is 0 Å².